The SMILES string of the molecule is Fc1ccc(NCc2cn[nH]c2-c2cccnc2)c(I)c1. The number of hydrogen-bond acceptors (Lipinski definition) is 3. The van der Waals surface area contributed by atoms with Crippen LogP contribution in [0, 0.1) is 9.39 Å². The Kier molecular flexibility index (Phi) is 4.14. The second-order valence-electron chi connectivity index (χ2n) is 4.49. The highest BCUT2D eigenvalue weighted by atomic mass is 127. The maximum absolute atomic E-state index is 13.1. The minimum atomic E-state index is -0.232. The third-order valence-corrected chi connectivity index (χ3v) is 3.96. The average Bonchev–Trinajstić information content (AvgIpc) is 2.96. The van der Waals surface area contributed by atoms with Crippen molar-refractivity contribution in [1.82, 2.24) is 15.2 Å². The topological polar surface area (TPSA) is 53.6 Å². The van der Waals surface area contributed by atoms with E-state index in [9.17, 15) is 4.39 Å². The largest absolute Gasteiger partial charge is 0.380 e. The van der Waals surface area contributed by atoms with Gasteiger partial charge in [-0.2, -0.15) is 5.10 Å². The Morgan fingerprint density at radius 2 is 2.14 bits per heavy atom. The van der Waals surface area contributed by atoms with Crippen molar-refractivity contribution >= 4 is 28.3 Å². The van der Waals surface area contributed by atoms with Gasteiger partial charge in [-0.25, -0.2) is 4.39 Å². The molecule has 106 valence electrons. The molecule has 0 spiro atoms. The molecule has 0 saturated carbocycles. The molecule has 0 fully saturated rings. The average molecular weight is 394 g/mol. The van der Waals surface area contributed by atoms with Crippen LogP contribution in [0.4, 0.5) is 10.1 Å². The normalized spacial score (nSPS) is 10.6. The zero-order valence-electron chi connectivity index (χ0n) is 11.0. The molecule has 0 radical (unpaired) electrons. The van der Waals surface area contributed by atoms with Crippen LogP contribution in [-0.4, -0.2) is 15.2 Å². The van der Waals surface area contributed by atoms with Crippen molar-refractivity contribution in [3.8, 4) is 11.3 Å². The van der Waals surface area contributed by atoms with Crippen LogP contribution in [-0.2, 0) is 6.54 Å². The molecule has 0 saturated heterocycles. The number of nitrogens with one attached hydrogen (secondary N) is 2. The van der Waals surface area contributed by atoms with E-state index in [2.05, 4.69) is 43.1 Å². The third-order valence-electron chi connectivity index (χ3n) is 3.07. The van der Waals surface area contributed by atoms with Crippen LogP contribution in [0.2, 0.25) is 0 Å². The maximum atomic E-state index is 13.1. The molecule has 0 amide bonds. The zero-order valence-corrected chi connectivity index (χ0v) is 13.1. The molecule has 0 unspecified atom stereocenters. The summed E-state index contributed by atoms with van der Waals surface area (Å²) in [6.45, 7) is 0.600. The van der Waals surface area contributed by atoms with E-state index in [4.69, 9.17) is 0 Å². The molecule has 0 atom stereocenters. The van der Waals surface area contributed by atoms with Crippen molar-refractivity contribution in [2.75, 3.05) is 5.32 Å². The lowest BCUT2D eigenvalue weighted by molar-refractivity contribution is 0.627. The van der Waals surface area contributed by atoms with Crippen molar-refractivity contribution in [1.29, 1.82) is 0 Å². The van der Waals surface area contributed by atoms with Gasteiger partial charge in [-0.05, 0) is 52.9 Å². The first-order valence-corrected chi connectivity index (χ1v) is 7.43. The summed E-state index contributed by atoms with van der Waals surface area (Å²) in [5, 5.41) is 10.4. The van der Waals surface area contributed by atoms with Gasteiger partial charge in [0.1, 0.15) is 5.82 Å². The van der Waals surface area contributed by atoms with Crippen molar-refractivity contribution in [3.63, 3.8) is 0 Å². The second-order valence-corrected chi connectivity index (χ2v) is 5.65. The van der Waals surface area contributed by atoms with E-state index < -0.39 is 0 Å². The van der Waals surface area contributed by atoms with Gasteiger partial charge in [-0.15, -0.1) is 0 Å². The number of nitrogens with zero attached hydrogens (tertiary/aromatic N) is 2. The molecule has 3 rings (SSSR count). The van der Waals surface area contributed by atoms with Gasteiger partial charge in [-0.1, -0.05) is 0 Å². The van der Waals surface area contributed by atoms with Gasteiger partial charge in [0.05, 0.1) is 11.9 Å². The number of benzene rings is 1. The van der Waals surface area contributed by atoms with Crippen LogP contribution in [0.5, 0.6) is 0 Å². The van der Waals surface area contributed by atoms with Crippen molar-refractivity contribution in [2.45, 2.75) is 6.54 Å². The van der Waals surface area contributed by atoms with Gasteiger partial charge in [0.2, 0.25) is 0 Å². The first-order chi connectivity index (χ1) is 10.2. The molecule has 0 bridgehead atoms. The van der Waals surface area contributed by atoms with E-state index in [0.717, 1.165) is 26.1 Å². The van der Waals surface area contributed by atoms with Crippen LogP contribution < -0.4 is 5.32 Å². The lowest BCUT2D eigenvalue weighted by Gasteiger charge is -2.09. The number of anilines is 1. The number of aromatic amines is 1. The highest BCUT2D eigenvalue weighted by Crippen LogP contribution is 2.23. The van der Waals surface area contributed by atoms with E-state index in [1.165, 1.54) is 12.1 Å². The van der Waals surface area contributed by atoms with Gasteiger partial charge in [-0.3, -0.25) is 10.1 Å². The molecule has 0 aliphatic carbocycles. The Morgan fingerprint density at radius 1 is 1.24 bits per heavy atom. The van der Waals surface area contributed by atoms with Crippen molar-refractivity contribution in [2.24, 2.45) is 0 Å². The summed E-state index contributed by atoms with van der Waals surface area (Å²) >= 11 is 2.11. The fourth-order valence-corrected chi connectivity index (χ4v) is 2.70. The summed E-state index contributed by atoms with van der Waals surface area (Å²) in [5.74, 6) is -0.232. The molecule has 4 nitrogen and oxygen atoms in total. The van der Waals surface area contributed by atoms with Gasteiger partial charge >= 0.3 is 0 Å². The fraction of sp³-hybridized carbons (Fsp3) is 0.0667. The number of halogens is 2. The Balaban J connectivity index is 1.79. The smallest absolute Gasteiger partial charge is 0.124 e. The van der Waals surface area contributed by atoms with E-state index in [1.807, 2.05) is 12.1 Å². The summed E-state index contributed by atoms with van der Waals surface area (Å²) in [5.41, 5.74) is 3.85. The minimum Gasteiger partial charge on any atom is -0.380 e. The number of rotatable bonds is 4. The van der Waals surface area contributed by atoms with Gasteiger partial charge in [0.25, 0.3) is 0 Å². The summed E-state index contributed by atoms with van der Waals surface area (Å²) in [7, 11) is 0. The molecule has 3 aromatic rings. The van der Waals surface area contributed by atoms with Crippen LogP contribution in [0.25, 0.3) is 11.3 Å². The molecular weight excluding hydrogens is 382 g/mol. The third kappa shape index (κ3) is 3.21. The quantitative estimate of drug-likeness (QED) is 0.662. The molecule has 21 heavy (non-hydrogen) atoms. The molecule has 0 aliphatic heterocycles. The summed E-state index contributed by atoms with van der Waals surface area (Å²) in [4.78, 5) is 4.11. The minimum absolute atomic E-state index is 0.232. The highest BCUT2D eigenvalue weighted by molar-refractivity contribution is 14.1. The van der Waals surface area contributed by atoms with Crippen molar-refractivity contribution < 1.29 is 4.39 Å². The van der Waals surface area contributed by atoms with Crippen LogP contribution in [0.15, 0.2) is 48.9 Å². The monoisotopic (exact) mass is 394 g/mol. The molecule has 6 heteroatoms. The van der Waals surface area contributed by atoms with Gasteiger partial charge < -0.3 is 5.32 Å². The molecule has 0 aliphatic rings. The fourth-order valence-electron chi connectivity index (χ4n) is 2.03. The number of H-pyrrole nitrogens is 1. The first kappa shape index (κ1) is 14.0. The van der Waals surface area contributed by atoms with Gasteiger partial charge in [0.15, 0.2) is 0 Å². The van der Waals surface area contributed by atoms with Crippen LogP contribution in [0.1, 0.15) is 5.56 Å². The summed E-state index contributed by atoms with van der Waals surface area (Å²) in [6, 6.07) is 8.55. The van der Waals surface area contributed by atoms with E-state index in [0.29, 0.717) is 6.54 Å². The molecule has 2 N–H and O–H groups in total. The number of aromatic nitrogens is 3. The number of hydrogen-bond donors (Lipinski definition) is 2. The Bertz CT molecular complexity index is 742. The predicted octanol–water partition coefficient (Wildman–Crippen LogP) is 3.83. The lowest BCUT2D eigenvalue weighted by Crippen LogP contribution is -2.01. The Morgan fingerprint density at radius 3 is 2.90 bits per heavy atom. The summed E-state index contributed by atoms with van der Waals surface area (Å²) in [6.07, 6.45) is 5.31. The van der Waals surface area contributed by atoms with Crippen molar-refractivity contribution in [3.05, 3.63) is 63.9 Å². The number of pyridine rings is 1. The zero-order chi connectivity index (χ0) is 14.7. The van der Waals surface area contributed by atoms with Crippen LogP contribution >= 0.6 is 22.6 Å². The molecule has 2 heterocycles. The summed E-state index contributed by atoms with van der Waals surface area (Å²) < 4.78 is 13.9. The van der Waals surface area contributed by atoms with E-state index in [1.54, 1.807) is 24.7 Å². The van der Waals surface area contributed by atoms with Crippen LogP contribution in [0.3, 0.4) is 0 Å². The van der Waals surface area contributed by atoms with E-state index >= 15 is 0 Å². The maximum Gasteiger partial charge on any atom is 0.124 e. The Hall–Kier alpha value is -1.96. The molecule has 2 aromatic heterocycles. The molecular formula is C15H12FIN4. The van der Waals surface area contributed by atoms with Gasteiger partial charge in [0, 0.05) is 39.3 Å². The highest BCUT2D eigenvalue weighted by Gasteiger charge is 2.08. The lowest BCUT2D eigenvalue weighted by atomic mass is 10.1. The Labute approximate surface area is 135 Å². The molecule has 1 aromatic carbocycles. The van der Waals surface area contributed by atoms with E-state index in [-0.39, 0.29) is 5.82 Å². The second kappa shape index (κ2) is 6.21. The first-order valence-electron chi connectivity index (χ1n) is 6.35. The predicted molar refractivity (Wildman–Crippen MR) is 88.3 cm³/mol. The standard InChI is InChI=1S/C15H12FIN4/c16-12-3-4-14(13(17)6-12)19-8-11-9-20-21-15(11)10-2-1-5-18-7-10/h1-7,9,19H,8H2,(H,20,21).